The average Bonchev–Trinajstić information content (AvgIpc) is 2.61. The van der Waals surface area contributed by atoms with E-state index in [4.69, 9.17) is 4.74 Å². The van der Waals surface area contributed by atoms with Gasteiger partial charge in [0.2, 0.25) is 4.24 Å². The van der Waals surface area contributed by atoms with Crippen LogP contribution in [0.4, 0.5) is 8.78 Å². The first-order valence-corrected chi connectivity index (χ1v) is 14.0. The van der Waals surface area contributed by atoms with E-state index in [9.17, 15) is 39.1 Å². The molecule has 2 aliphatic rings. The number of aliphatic hydroxyl groups excluding tert-OH is 1. The molecule has 1 saturated carbocycles. The predicted molar refractivity (Wildman–Crippen MR) is 101 cm³/mol. The van der Waals surface area contributed by atoms with E-state index in [2.05, 4.69) is 0 Å². The Morgan fingerprint density at radius 1 is 0.931 bits per heavy atom. The summed E-state index contributed by atoms with van der Waals surface area (Å²) >= 11 is 0. The molecule has 0 atom stereocenters. The quantitative estimate of drug-likeness (QED) is 0.544. The Hall–Kier alpha value is -0.990. The van der Waals surface area contributed by atoms with Crippen LogP contribution in [-0.4, -0.2) is 64.7 Å². The van der Waals surface area contributed by atoms with Crippen molar-refractivity contribution in [1.82, 2.24) is 4.31 Å². The molecule has 0 aromatic carbocycles. The first-order valence-electron chi connectivity index (χ1n) is 9.15. The van der Waals surface area contributed by atoms with Crippen molar-refractivity contribution in [2.45, 2.75) is 62.1 Å². The number of piperidine rings is 1. The summed E-state index contributed by atoms with van der Waals surface area (Å²) in [5, 5.41) is 10.0. The van der Waals surface area contributed by atoms with Gasteiger partial charge >= 0.3 is 10.5 Å². The van der Waals surface area contributed by atoms with E-state index in [0.29, 0.717) is 36.4 Å². The van der Waals surface area contributed by atoms with E-state index in [0.717, 1.165) is 6.42 Å². The molecule has 170 valence electrons. The van der Waals surface area contributed by atoms with E-state index in [-0.39, 0.29) is 32.2 Å². The van der Waals surface area contributed by atoms with E-state index in [1.54, 1.807) is 0 Å². The number of rotatable bonds is 7. The lowest BCUT2D eigenvalue weighted by molar-refractivity contribution is 0.0125. The van der Waals surface area contributed by atoms with Crippen molar-refractivity contribution >= 4 is 29.7 Å². The number of halogens is 2. The Morgan fingerprint density at radius 2 is 1.41 bits per heavy atom. The molecule has 0 amide bonds. The molecule has 2 fully saturated rings. The second-order valence-electron chi connectivity index (χ2n) is 7.17. The summed E-state index contributed by atoms with van der Waals surface area (Å²) in [5.41, 5.74) is 0. The number of sulfone groups is 2. The fourth-order valence-electron chi connectivity index (χ4n) is 3.36. The molecule has 2 rings (SSSR count). The monoisotopic (exact) mass is 481 g/mol. The van der Waals surface area contributed by atoms with Crippen LogP contribution in [-0.2, 0) is 34.4 Å². The molecule has 1 aliphatic heterocycles. The lowest BCUT2D eigenvalue weighted by Gasteiger charge is -2.29. The second-order valence-corrected chi connectivity index (χ2v) is 13.6. The van der Waals surface area contributed by atoms with Gasteiger partial charge in [0.1, 0.15) is 6.10 Å². The summed E-state index contributed by atoms with van der Waals surface area (Å²) in [6.07, 6.45) is 3.56. The molecule has 0 spiro atoms. The number of hydrogen-bond acceptors (Lipinski definition) is 8. The van der Waals surface area contributed by atoms with Gasteiger partial charge in [-0.3, -0.25) is 0 Å². The summed E-state index contributed by atoms with van der Waals surface area (Å²) in [5.74, 6) is -1.73. The van der Waals surface area contributed by atoms with Crippen molar-refractivity contribution in [3.05, 3.63) is 10.2 Å². The van der Waals surface area contributed by atoms with Gasteiger partial charge in [0.15, 0.2) is 9.84 Å². The van der Waals surface area contributed by atoms with Gasteiger partial charge in [0.05, 0.1) is 0 Å². The van der Waals surface area contributed by atoms with Crippen molar-refractivity contribution in [2.75, 3.05) is 19.3 Å². The van der Waals surface area contributed by atoms with Gasteiger partial charge in [-0.25, -0.2) is 25.3 Å². The minimum Gasteiger partial charge on any atom is -0.480 e. The van der Waals surface area contributed by atoms with Gasteiger partial charge in [0.25, 0.3) is 19.9 Å². The van der Waals surface area contributed by atoms with Gasteiger partial charge in [-0.2, -0.15) is 13.1 Å². The maximum absolute atomic E-state index is 14.8. The first kappa shape index (κ1) is 24.3. The second kappa shape index (κ2) is 8.63. The van der Waals surface area contributed by atoms with E-state index in [1.165, 1.54) is 0 Å². The van der Waals surface area contributed by atoms with Crippen LogP contribution < -0.4 is 0 Å². The molecule has 0 aromatic rings. The number of nitrogens with zero attached hydrogens (tertiary/aromatic N) is 1. The molecule has 9 nitrogen and oxygen atoms in total. The Bertz CT molecular complexity index is 946. The lowest BCUT2D eigenvalue weighted by atomic mass is 9.98. The normalized spacial score (nSPS) is 22.2. The molecule has 1 saturated heterocycles. The zero-order valence-corrected chi connectivity index (χ0v) is 18.3. The highest BCUT2D eigenvalue weighted by molar-refractivity contribution is 8.20. The molecular formula is C15H25F2NO8S3. The van der Waals surface area contributed by atoms with Crippen LogP contribution in [0, 0.1) is 0 Å². The topological polar surface area (TPSA) is 135 Å². The molecule has 29 heavy (non-hydrogen) atoms. The van der Waals surface area contributed by atoms with Gasteiger partial charge in [-0.05, 0) is 38.5 Å². The summed E-state index contributed by atoms with van der Waals surface area (Å²) in [6, 6.07) is 0. The van der Waals surface area contributed by atoms with E-state index < -0.39 is 50.6 Å². The third-order valence-electron chi connectivity index (χ3n) is 4.85. The average molecular weight is 482 g/mol. The van der Waals surface area contributed by atoms with Crippen LogP contribution in [0.1, 0.15) is 51.4 Å². The number of ether oxygens (including phenoxy) is 1. The van der Waals surface area contributed by atoms with Crippen molar-refractivity contribution in [3.8, 4) is 0 Å². The van der Waals surface area contributed by atoms with Crippen LogP contribution in [0.25, 0.3) is 0 Å². The van der Waals surface area contributed by atoms with Crippen molar-refractivity contribution in [1.29, 1.82) is 0 Å². The van der Waals surface area contributed by atoms with Crippen molar-refractivity contribution in [2.24, 2.45) is 0 Å². The number of aliphatic hydroxyl groups is 1. The fraction of sp³-hybridized carbons (Fsp3) is 0.867. The summed E-state index contributed by atoms with van der Waals surface area (Å²) < 4.78 is 101. The minimum absolute atomic E-state index is 0.264. The van der Waals surface area contributed by atoms with Crippen LogP contribution in [0.3, 0.4) is 0 Å². The third-order valence-corrected chi connectivity index (χ3v) is 11.5. The molecule has 1 N–H and O–H groups in total. The molecule has 0 bridgehead atoms. The summed E-state index contributed by atoms with van der Waals surface area (Å²) in [7, 11) is -17.1. The predicted octanol–water partition coefficient (Wildman–Crippen LogP) is 1.85. The zero-order valence-electron chi connectivity index (χ0n) is 15.9. The molecular weight excluding hydrogens is 456 g/mol. The Kier molecular flexibility index (Phi) is 7.23. The standard InChI is InChI=1S/C15H25F2NO8S3/c1-27(20,21)14(13(19)26-12-8-4-2-5-9-12)28(22,23)15(16,17)29(24,25)18-10-6-3-7-11-18/h12,19H,2-11H2,1H3. The fourth-order valence-corrected chi connectivity index (χ4v) is 9.00. The molecule has 1 heterocycles. The number of alkyl halides is 2. The van der Waals surface area contributed by atoms with E-state index >= 15 is 0 Å². The van der Waals surface area contributed by atoms with Crippen LogP contribution >= 0.6 is 0 Å². The highest BCUT2D eigenvalue weighted by Gasteiger charge is 2.64. The molecule has 0 unspecified atom stereocenters. The van der Waals surface area contributed by atoms with E-state index in [1.807, 2.05) is 0 Å². The molecule has 0 radical (unpaired) electrons. The third kappa shape index (κ3) is 4.85. The summed E-state index contributed by atoms with van der Waals surface area (Å²) in [4.78, 5) is 0. The highest BCUT2D eigenvalue weighted by atomic mass is 32.3. The molecule has 0 aromatic heterocycles. The maximum Gasteiger partial charge on any atom is 0.464 e. The van der Waals surface area contributed by atoms with Gasteiger partial charge in [0, 0.05) is 19.3 Å². The number of hydrogen-bond donors (Lipinski definition) is 1. The van der Waals surface area contributed by atoms with Crippen molar-refractivity contribution < 1.29 is 43.9 Å². The van der Waals surface area contributed by atoms with Crippen molar-refractivity contribution in [3.63, 3.8) is 0 Å². The van der Waals surface area contributed by atoms with Gasteiger partial charge in [-0.1, -0.05) is 12.8 Å². The lowest BCUT2D eigenvalue weighted by Crippen LogP contribution is -2.50. The number of sulfonamides is 1. The Morgan fingerprint density at radius 3 is 1.90 bits per heavy atom. The smallest absolute Gasteiger partial charge is 0.464 e. The molecule has 14 heteroatoms. The molecule has 1 aliphatic carbocycles. The largest absolute Gasteiger partial charge is 0.480 e. The first-order chi connectivity index (χ1) is 13.2. The Balaban J connectivity index is 2.52. The highest BCUT2D eigenvalue weighted by Crippen LogP contribution is 2.39. The zero-order chi connectivity index (χ0) is 22.1. The summed E-state index contributed by atoms with van der Waals surface area (Å²) in [6.45, 7) is -0.619. The van der Waals surface area contributed by atoms with Gasteiger partial charge in [-0.15, -0.1) is 0 Å². The van der Waals surface area contributed by atoms with Crippen LogP contribution in [0.15, 0.2) is 10.2 Å². The SMILES string of the molecule is CS(=O)(=O)C(=C(O)OC1CCCCC1)S(=O)(=O)C(F)(F)S(=O)(=O)N1CCCCC1. The maximum atomic E-state index is 14.8. The Labute approximate surface area is 169 Å². The van der Waals surface area contributed by atoms with Gasteiger partial charge < -0.3 is 9.84 Å². The van der Waals surface area contributed by atoms with Crippen LogP contribution in [0.5, 0.6) is 0 Å². The minimum atomic E-state index is -6.36. The van der Waals surface area contributed by atoms with Crippen LogP contribution in [0.2, 0.25) is 0 Å².